The van der Waals surface area contributed by atoms with Crippen LogP contribution in [0.25, 0.3) is 10.8 Å². The number of esters is 1. The number of amides is 1. The topological polar surface area (TPSA) is 109 Å². The number of nitrogens with one attached hydrogen (secondary N) is 1. The van der Waals surface area contributed by atoms with Gasteiger partial charge in [-0.3, -0.25) is 9.59 Å². The first-order chi connectivity index (χ1) is 14.3. The minimum atomic E-state index is -1.11. The number of carbonyl (C=O) groups excluding carboxylic acids is 2. The lowest BCUT2D eigenvalue weighted by atomic mass is 10.1. The minimum Gasteiger partial charge on any atom is -0.493 e. The lowest BCUT2D eigenvalue weighted by Crippen LogP contribution is -2.31. The average Bonchev–Trinajstić information content (AvgIpc) is 2.75. The van der Waals surface area contributed by atoms with Gasteiger partial charge < -0.3 is 19.5 Å². The number of benzene rings is 2. The zero-order valence-corrected chi connectivity index (χ0v) is 17.0. The van der Waals surface area contributed by atoms with Gasteiger partial charge >= 0.3 is 5.97 Å². The number of aryl methyl sites for hydroxylation is 1. The molecule has 0 fully saturated rings. The quantitative estimate of drug-likeness (QED) is 0.619. The fourth-order valence-electron chi connectivity index (χ4n) is 2.88. The molecule has 0 aliphatic heterocycles. The van der Waals surface area contributed by atoms with Gasteiger partial charge in [-0.05, 0) is 25.1 Å². The number of fused-ring (bicyclic) bond motifs is 1. The second-order valence-corrected chi connectivity index (χ2v) is 6.43. The summed E-state index contributed by atoms with van der Waals surface area (Å²) in [4.78, 5) is 37.3. The van der Waals surface area contributed by atoms with Gasteiger partial charge in [0.15, 0.2) is 23.3 Å². The zero-order valence-electron chi connectivity index (χ0n) is 17.0. The molecule has 0 saturated heterocycles. The molecule has 1 atom stereocenters. The Morgan fingerprint density at radius 3 is 2.37 bits per heavy atom. The van der Waals surface area contributed by atoms with Crippen LogP contribution >= 0.6 is 0 Å². The molecule has 0 unspecified atom stereocenters. The van der Waals surface area contributed by atoms with E-state index in [9.17, 15) is 14.4 Å². The highest BCUT2D eigenvalue weighted by molar-refractivity contribution is 6.03. The molecule has 1 amide bonds. The first-order valence-electron chi connectivity index (χ1n) is 9.05. The predicted octanol–water partition coefficient (Wildman–Crippen LogP) is 2.13. The van der Waals surface area contributed by atoms with Crippen LogP contribution in [-0.4, -0.2) is 42.0 Å². The van der Waals surface area contributed by atoms with Gasteiger partial charge in [-0.15, -0.1) is 0 Å². The predicted molar refractivity (Wildman–Crippen MR) is 110 cm³/mol. The first-order valence-corrected chi connectivity index (χ1v) is 9.05. The van der Waals surface area contributed by atoms with E-state index in [4.69, 9.17) is 14.2 Å². The fourth-order valence-corrected chi connectivity index (χ4v) is 2.88. The van der Waals surface area contributed by atoms with Gasteiger partial charge in [0.1, 0.15) is 0 Å². The summed E-state index contributed by atoms with van der Waals surface area (Å²) in [5, 5.41) is 7.36. The maximum atomic E-state index is 12.7. The third-order valence-corrected chi connectivity index (χ3v) is 4.45. The number of hydrogen-bond acceptors (Lipinski definition) is 7. The van der Waals surface area contributed by atoms with Gasteiger partial charge in [0.25, 0.3) is 11.5 Å². The number of aromatic nitrogens is 2. The van der Waals surface area contributed by atoms with E-state index >= 15 is 0 Å². The lowest BCUT2D eigenvalue weighted by Gasteiger charge is -2.15. The van der Waals surface area contributed by atoms with Crippen LogP contribution < -0.4 is 20.3 Å². The summed E-state index contributed by atoms with van der Waals surface area (Å²) in [5.74, 6) is -0.384. The molecular weight excluding hydrogens is 390 g/mol. The van der Waals surface area contributed by atoms with Crippen molar-refractivity contribution in [3.63, 3.8) is 0 Å². The Hall–Kier alpha value is -3.88. The van der Waals surface area contributed by atoms with Crippen molar-refractivity contribution in [1.29, 1.82) is 0 Å². The average molecular weight is 411 g/mol. The maximum Gasteiger partial charge on any atom is 0.360 e. The molecule has 9 heteroatoms. The largest absolute Gasteiger partial charge is 0.493 e. The van der Waals surface area contributed by atoms with Crippen LogP contribution in [0.3, 0.4) is 0 Å². The van der Waals surface area contributed by atoms with Crippen LogP contribution in [-0.2, 0) is 16.6 Å². The van der Waals surface area contributed by atoms with Crippen molar-refractivity contribution in [2.24, 2.45) is 7.05 Å². The van der Waals surface area contributed by atoms with Crippen LogP contribution in [0.2, 0.25) is 0 Å². The van der Waals surface area contributed by atoms with E-state index in [1.165, 1.54) is 28.2 Å². The molecule has 2 aromatic carbocycles. The Morgan fingerprint density at radius 2 is 1.70 bits per heavy atom. The number of methoxy groups -OCH3 is 2. The molecular formula is C21H21N3O6. The van der Waals surface area contributed by atoms with Crippen LogP contribution in [0.15, 0.2) is 47.3 Å². The van der Waals surface area contributed by atoms with Crippen molar-refractivity contribution in [3.05, 3.63) is 58.5 Å². The van der Waals surface area contributed by atoms with Crippen LogP contribution in [0.1, 0.15) is 17.4 Å². The Morgan fingerprint density at radius 1 is 1.03 bits per heavy atom. The normalized spacial score (nSPS) is 11.6. The van der Waals surface area contributed by atoms with Crippen LogP contribution in [0.5, 0.6) is 11.5 Å². The highest BCUT2D eigenvalue weighted by atomic mass is 16.5. The number of anilines is 1. The highest BCUT2D eigenvalue weighted by Gasteiger charge is 2.23. The number of hydrogen-bond donors (Lipinski definition) is 1. The molecule has 3 rings (SSSR count). The Bertz CT molecular complexity index is 1170. The summed E-state index contributed by atoms with van der Waals surface area (Å²) in [6.45, 7) is 1.44. The van der Waals surface area contributed by atoms with Gasteiger partial charge in [-0.1, -0.05) is 18.2 Å². The minimum absolute atomic E-state index is 0.0431. The van der Waals surface area contributed by atoms with Crippen LogP contribution in [0.4, 0.5) is 5.69 Å². The molecule has 3 aromatic rings. The molecule has 156 valence electrons. The molecule has 1 N–H and O–H groups in total. The maximum absolute atomic E-state index is 12.7. The second kappa shape index (κ2) is 8.64. The van der Waals surface area contributed by atoms with Crippen molar-refractivity contribution < 1.29 is 23.8 Å². The smallest absolute Gasteiger partial charge is 0.360 e. The number of rotatable bonds is 6. The third-order valence-electron chi connectivity index (χ3n) is 4.45. The summed E-state index contributed by atoms with van der Waals surface area (Å²) >= 11 is 0. The summed E-state index contributed by atoms with van der Waals surface area (Å²) in [6, 6.07) is 11.5. The lowest BCUT2D eigenvalue weighted by molar-refractivity contribution is -0.123. The Kier molecular flexibility index (Phi) is 6.01. The molecule has 9 nitrogen and oxygen atoms in total. The van der Waals surface area contributed by atoms with E-state index in [0.717, 1.165) is 4.68 Å². The monoisotopic (exact) mass is 411 g/mol. The fraction of sp³-hybridized carbons (Fsp3) is 0.238. The van der Waals surface area contributed by atoms with Gasteiger partial charge in [-0.2, -0.15) is 5.10 Å². The van der Waals surface area contributed by atoms with Crippen molar-refractivity contribution in [2.45, 2.75) is 13.0 Å². The summed E-state index contributed by atoms with van der Waals surface area (Å²) < 4.78 is 16.7. The molecule has 30 heavy (non-hydrogen) atoms. The van der Waals surface area contributed by atoms with Crippen molar-refractivity contribution >= 4 is 28.3 Å². The molecule has 0 saturated carbocycles. The van der Waals surface area contributed by atoms with E-state index in [1.807, 2.05) is 0 Å². The number of ether oxygens (including phenoxy) is 3. The Labute approximate surface area is 172 Å². The molecule has 0 spiro atoms. The molecule has 0 radical (unpaired) electrons. The highest BCUT2D eigenvalue weighted by Crippen LogP contribution is 2.29. The van der Waals surface area contributed by atoms with Crippen LogP contribution in [0, 0.1) is 0 Å². The number of nitrogens with zero attached hydrogens (tertiary/aromatic N) is 2. The summed E-state index contributed by atoms with van der Waals surface area (Å²) in [5.41, 5.74) is 0.0751. The number of carbonyl (C=O) groups is 2. The standard InChI is InChI=1S/C21H21N3O6/c1-12(19(25)22-13-9-10-16(28-3)17(11-13)29-4)30-21(27)18-14-7-5-6-8-15(14)20(26)24(2)23-18/h5-12H,1-4H3,(H,22,25)/t12-/m1/s1. The van der Waals surface area contributed by atoms with E-state index in [2.05, 4.69) is 10.4 Å². The second-order valence-electron chi connectivity index (χ2n) is 6.43. The van der Waals surface area contributed by atoms with Gasteiger partial charge in [0.05, 0.1) is 19.6 Å². The molecule has 0 bridgehead atoms. The van der Waals surface area contributed by atoms with E-state index < -0.39 is 18.0 Å². The zero-order chi connectivity index (χ0) is 21.8. The van der Waals surface area contributed by atoms with Gasteiger partial charge in [0.2, 0.25) is 0 Å². The molecule has 1 heterocycles. The summed E-state index contributed by atoms with van der Waals surface area (Å²) in [6.07, 6.45) is -1.11. The van der Waals surface area contributed by atoms with Crippen molar-refractivity contribution in [2.75, 3.05) is 19.5 Å². The molecule has 0 aliphatic carbocycles. The summed E-state index contributed by atoms with van der Waals surface area (Å²) in [7, 11) is 4.44. The molecule has 1 aromatic heterocycles. The third kappa shape index (κ3) is 4.09. The van der Waals surface area contributed by atoms with E-state index in [0.29, 0.717) is 28.0 Å². The Balaban J connectivity index is 1.78. The van der Waals surface area contributed by atoms with E-state index in [1.54, 1.807) is 42.5 Å². The first kappa shape index (κ1) is 20.8. The molecule has 0 aliphatic rings. The van der Waals surface area contributed by atoms with Gasteiger partial charge in [0, 0.05) is 24.2 Å². The van der Waals surface area contributed by atoms with Gasteiger partial charge in [-0.25, -0.2) is 9.48 Å². The SMILES string of the molecule is COc1ccc(NC(=O)[C@@H](C)OC(=O)c2nn(C)c(=O)c3ccccc23)cc1OC. The van der Waals surface area contributed by atoms with Crippen molar-refractivity contribution in [3.8, 4) is 11.5 Å². The van der Waals surface area contributed by atoms with E-state index in [-0.39, 0.29) is 11.3 Å². The van der Waals surface area contributed by atoms with Crippen molar-refractivity contribution in [1.82, 2.24) is 9.78 Å².